The molecule has 0 bridgehead atoms. The van der Waals surface area contributed by atoms with Crippen LogP contribution in [0.25, 0.3) is 0 Å². The maximum atomic E-state index is 3.89. The third kappa shape index (κ3) is 4.73. The molecule has 2 fully saturated rings. The second kappa shape index (κ2) is 7.26. The van der Waals surface area contributed by atoms with E-state index in [0.29, 0.717) is 5.41 Å². The largest absolute Gasteiger partial charge is 0.312 e. The molecule has 118 valence electrons. The number of likely N-dealkylation sites (N-methyl/N-ethyl adjacent to an activating group) is 1. The standard InChI is InChI=1S/C18H36N2/c1-18(2,3)15-8-7-9-16(12-11-15)19-14-17-10-5-6-13-20(17)4/h15-17,19H,5-14H2,1-4H3. The molecule has 3 unspecified atom stereocenters. The summed E-state index contributed by atoms with van der Waals surface area (Å²) >= 11 is 0. The van der Waals surface area contributed by atoms with Crippen molar-refractivity contribution in [3.8, 4) is 0 Å². The molecule has 0 spiro atoms. The van der Waals surface area contributed by atoms with Crippen molar-refractivity contribution in [3.05, 3.63) is 0 Å². The molecule has 0 radical (unpaired) electrons. The Morgan fingerprint density at radius 3 is 2.45 bits per heavy atom. The number of piperidine rings is 1. The van der Waals surface area contributed by atoms with Crippen LogP contribution in [0, 0.1) is 11.3 Å². The molecule has 20 heavy (non-hydrogen) atoms. The predicted octanol–water partition coefficient (Wildman–Crippen LogP) is 4.06. The van der Waals surface area contributed by atoms with Crippen molar-refractivity contribution in [1.29, 1.82) is 0 Å². The summed E-state index contributed by atoms with van der Waals surface area (Å²) in [5.74, 6) is 0.923. The Labute approximate surface area is 126 Å². The summed E-state index contributed by atoms with van der Waals surface area (Å²) in [5, 5.41) is 3.89. The summed E-state index contributed by atoms with van der Waals surface area (Å²) in [7, 11) is 2.30. The Kier molecular flexibility index (Phi) is 5.92. The molecule has 0 aromatic rings. The van der Waals surface area contributed by atoms with Crippen LogP contribution in [-0.4, -0.2) is 37.1 Å². The third-order valence-electron chi connectivity index (χ3n) is 5.76. The van der Waals surface area contributed by atoms with Gasteiger partial charge in [0.05, 0.1) is 0 Å². The van der Waals surface area contributed by atoms with Crippen molar-refractivity contribution >= 4 is 0 Å². The minimum absolute atomic E-state index is 0.498. The van der Waals surface area contributed by atoms with E-state index in [1.54, 1.807) is 0 Å². The molecule has 2 aliphatic rings. The minimum Gasteiger partial charge on any atom is -0.312 e. The van der Waals surface area contributed by atoms with Gasteiger partial charge in [-0.15, -0.1) is 0 Å². The Morgan fingerprint density at radius 1 is 0.950 bits per heavy atom. The highest BCUT2D eigenvalue weighted by molar-refractivity contribution is 4.83. The van der Waals surface area contributed by atoms with Gasteiger partial charge in [0.2, 0.25) is 0 Å². The van der Waals surface area contributed by atoms with E-state index in [-0.39, 0.29) is 0 Å². The van der Waals surface area contributed by atoms with E-state index in [9.17, 15) is 0 Å². The fraction of sp³-hybridized carbons (Fsp3) is 1.00. The van der Waals surface area contributed by atoms with Gasteiger partial charge in [-0.25, -0.2) is 0 Å². The molecule has 1 heterocycles. The first kappa shape index (κ1) is 16.3. The first-order chi connectivity index (χ1) is 9.47. The predicted molar refractivity (Wildman–Crippen MR) is 88.1 cm³/mol. The molecular formula is C18H36N2. The van der Waals surface area contributed by atoms with E-state index >= 15 is 0 Å². The first-order valence-electron chi connectivity index (χ1n) is 8.90. The molecule has 1 saturated carbocycles. The minimum atomic E-state index is 0.498. The fourth-order valence-electron chi connectivity index (χ4n) is 4.08. The lowest BCUT2D eigenvalue weighted by Crippen LogP contribution is -2.45. The molecule has 1 aliphatic carbocycles. The molecule has 1 aliphatic heterocycles. The summed E-state index contributed by atoms with van der Waals surface area (Å²) < 4.78 is 0. The molecule has 2 rings (SSSR count). The number of nitrogens with one attached hydrogen (secondary N) is 1. The summed E-state index contributed by atoms with van der Waals surface area (Å²) in [6.45, 7) is 9.76. The molecule has 1 N–H and O–H groups in total. The zero-order valence-electron chi connectivity index (χ0n) is 14.3. The molecule has 2 nitrogen and oxygen atoms in total. The van der Waals surface area contributed by atoms with Crippen molar-refractivity contribution in [2.24, 2.45) is 11.3 Å². The van der Waals surface area contributed by atoms with E-state index in [1.807, 2.05) is 0 Å². The van der Waals surface area contributed by atoms with Crippen molar-refractivity contribution in [1.82, 2.24) is 10.2 Å². The Morgan fingerprint density at radius 2 is 1.75 bits per heavy atom. The highest BCUT2D eigenvalue weighted by Crippen LogP contribution is 2.36. The van der Waals surface area contributed by atoms with Gasteiger partial charge in [-0.3, -0.25) is 0 Å². The second-order valence-corrected chi connectivity index (χ2v) is 8.31. The van der Waals surface area contributed by atoms with E-state index in [1.165, 1.54) is 64.5 Å². The monoisotopic (exact) mass is 280 g/mol. The van der Waals surface area contributed by atoms with Crippen LogP contribution in [0.1, 0.15) is 72.1 Å². The number of nitrogens with zero attached hydrogens (tertiary/aromatic N) is 1. The average molecular weight is 281 g/mol. The maximum absolute atomic E-state index is 3.89. The van der Waals surface area contributed by atoms with Gasteiger partial charge < -0.3 is 10.2 Å². The van der Waals surface area contributed by atoms with Gasteiger partial charge in [-0.05, 0) is 63.5 Å². The summed E-state index contributed by atoms with van der Waals surface area (Å²) in [4.78, 5) is 2.56. The maximum Gasteiger partial charge on any atom is 0.0217 e. The van der Waals surface area contributed by atoms with Gasteiger partial charge in [-0.2, -0.15) is 0 Å². The number of hydrogen-bond donors (Lipinski definition) is 1. The SMILES string of the molecule is CN1CCCCC1CNC1CCCC(C(C)(C)C)CC1. The molecule has 2 heteroatoms. The fourth-order valence-corrected chi connectivity index (χ4v) is 4.08. The number of rotatable bonds is 3. The van der Waals surface area contributed by atoms with Gasteiger partial charge in [0, 0.05) is 18.6 Å². The number of likely N-dealkylation sites (tertiary alicyclic amines) is 1. The van der Waals surface area contributed by atoms with Crippen LogP contribution < -0.4 is 5.32 Å². The molecular weight excluding hydrogens is 244 g/mol. The lowest BCUT2D eigenvalue weighted by Gasteiger charge is -2.34. The molecule has 3 atom stereocenters. The normalized spacial score (nSPS) is 33.9. The zero-order valence-corrected chi connectivity index (χ0v) is 14.3. The van der Waals surface area contributed by atoms with Crippen molar-refractivity contribution in [2.45, 2.75) is 84.2 Å². The second-order valence-electron chi connectivity index (χ2n) is 8.31. The summed E-state index contributed by atoms with van der Waals surface area (Å²) in [6, 6.07) is 1.56. The van der Waals surface area contributed by atoms with Crippen LogP contribution in [-0.2, 0) is 0 Å². The van der Waals surface area contributed by atoms with Crippen LogP contribution in [0.2, 0.25) is 0 Å². The summed E-state index contributed by atoms with van der Waals surface area (Å²) in [6.07, 6.45) is 11.3. The first-order valence-corrected chi connectivity index (χ1v) is 8.90. The smallest absolute Gasteiger partial charge is 0.0217 e. The van der Waals surface area contributed by atoms with E-state index in [2.05, 4.69) is 38.0 Å². The Balaban J connectivity index is 1.74. The van der Waals surface area contributed by atoms with Crippen LogP contribution >= 0.6 is 0 Å². The zero-order chi connectivity index (χ0) is 14.6. The quantitative estimate of drug-likeness (QED) is 0.784. The Hall–Kier alpha value is -0.0800. The Bertz CT molecular complexity index is 282. The lowest BCUT2D eigenvalue weighted by molar-refractivity contribution is 0.175. The molecule has 0 aromatic heterocycles. The molecule has 1 saturated heterocycles. The third-order valence-corrected chi connectivity index (χ3v) is 5.76. The van der Waals surface area contributed by atoms with Gasteiger partial charge in [0.1, 0.15) is 0 Å². The lowest BCUT2D eigenvalue weighted by atomic mass is 9.76. The number of hydrogen-bond acceptors (Lipinski definition) is 2. The highest BCUT2D eigenvalue weighted by Gasteiger charge is 2.28. The van der Waals surface area contributed by atoms with Crippen LogP contribution in [0.4, 0.5) is 0 Å². The van der Waals surface area contributed by atoms with Gasteiger partial charge in [-0.1, -0.05) is 33.6 Å². The van der Waals surface area contributed by atoms with Crippen LogP contribution in [0.15, 0.2) is 0 Å². The highest BCUT2D eigenvalue weighted by atomic mass is 15.2. The average Bonchev–Trinajstić information content (AvgIpc) is 2.63. The van der Waals surface area contributed by atoms with Crippen LogP contribution in [0.3, 0.4) is 0 Å². The van der Waals surface area contributed by atoms with Gasteiger partial charge in [0.25, 0.3) is 0 Å². The van der Waals surface area contributed by atoms with Crippen molar-refractivity contribution < 1.29 is 0 Å². The topological polar surface area (TPSA) is 15.3 Å². The van der Waals surface area contributed by atoms with Gasteiger partial charge in [0.15, 0.2) is 0 Å². The van der Waals surface area contributed by atoms with Crippen molar-refractivity contribution in [3.63, 3.8) is 0 Å². The van der Waals surface area contributed by atoms with E-state index in [4.69, 9.17) is 0 Å². The molecule has 0 aromatic carbocycles. The van der Waals surface area contributed by atoms with E-state index < -0.39 is 0 Å². The van der Waals surface area contributed by atoms with Gasteiger partial charge >= 0.3 is 0 Å². The van der Waals surface area contributed by atoms with E-state index in [0.717, 1.165) is 18.0 Å². The van der Waals surface area contributed by atoms with Crippen LogP contribution in [0.5, 0.6) is 0 Å². The molecule has 0 amide bonds. The summed E-state index contributed by atoms with van der Waals surface area (Å²) in [5.41, 5.74) is 0.498. The van der Waals surface area contributed by atoms with Crippen molar-refractivity contribution in [2.75, 3.05) is 20.1 Å².